The number of thiophene rings is 1. The first-order chi connectivity index (χ1) is 13.2. The smallest absolute Gasteiger partial charge is 0.261 e. The van der Waals surface area contributed by atoms with Gasteiger partial charge in [-0.2, -0.15) is 0 Å². The number of anilines is 1. The number of hydrogen-bond acceptors (Lipinski definition) is 6. The Morgan fingerprint density at radius 1 is 1.30 bits per heavy atom. The van der Waals surface area contributed by atoms with E-state index >= 15 is 0 Å². The van der Waals surface area contributed by atoms with Gasteiger partial charge in [0.2, 0.25) is 0 Å². The number of pyridine rings is 1. The Kier molecular flexibility index (Phi) is 5.15. The fraction of sp³-hybridized carbons (Fsp3) is 0.263. The maximum atomic E-state index is 12.2. The van der Waals surface area contributed by atoms with Gasteiger partial charge in [-0.15, -0.1) is 11.3 Å². The predicted octanol–water partition coefficient (Wildman–Crippen LogP) is 3.94. The van der Waals surface area contributed by atoms with E-state index in [0.717, 1.165) is 29.0 Å². The van der Waals surface area contributed by atoms with E-state index in [2.05, 4.69) is 15.2 Å². The molecule has 0 spiro atoms. The second kappa shape index (κ2) is 7.72. The van der Waals surface area contributed by atoms with Crippen molar-refractivity contribution in [2.75, 3.05) is 38.3 Å². The highest BCUT2D eigenvalue weighted by molar-refractivity contribution is 7.21. The number of amides is 1. The van der Waals surface area contributed by atoms with Gasteiger partial charge in [0.1, 0.15) is 11.6 Å². The molecule has 0 atom stereocenters. The number of benzene rings is 1. The number of carbonyl (C=O) groups is 1. The molecule has 1 aromatic carbocycles. The molecule has 1 amide bonds. The number of fused-ring (bicyclic) bond motifs is 1. The van der Waals surface area contributed by atoms with E-state index in [1.54, 1.807) is 37.5 Å². The first kappa shape index (κ1) is 18.0. The topological polar surface area (TPSA) is 63.7 Å². The van der Waals surface area contributed by atoms with Gasteiger partial charge in [0.15, 0.2) is 5.75 Å². The van der Waals surface area contributed by atoms with Crippen LogP contribution in [0.15, 0.2) is 36.5 Å². The average Bonchev–Trinajstić information content (AvgIpc) is 3.16. The number of ether oxygens (including phenoxy) is 2. The van der Waals surface area contributed by atoms with Crippen molar-refractivity contribution >= 4 is 44.7 Å². The second-order valence-corrected chi connectivity index (χ2v) is 7.52. The number of hydrogen-bond donors (Lipinski definition) is 1. The lowest BCUT2D eigenvalue weighted by molar-refractivity contribution is 0.0967. The van der Waals surface area contributed by atoms with Gasteiger partial charge in [0.05, 0.1) is 29.0 Å². The van der Waals surface area contributed by atoms with Crippen LogP contribution in [0, 0.1) is 0 Å². The lowest BCUT2D eigenvalue weighted by atomic mass is 10.2. The van der Waals surface area contributed by atoms with Gasteiger partial charge in [-0.25, -0.2) is 4.98 Å². The lowest BCUT2D eigenvalue weighted by Gasteiger charge is -2.28. The van der Waals surface area contributed by atoms with Gasteiger partial charge in [-0.1, -0.05) is 11.6 Å². The number of carbonyl (C=O) groups excluding carboxylic acids is 1. The van der Waals surface area contributed by atoms with E-state index in [1.165, 1.54) is 11.3 Å². The lowest BCUT2D eigenvalue weighted by Crippen LogP contribution is -2.36. The summed E-state index contributed by atoms with van der Waals surface area (Å²) in [6.45, 7) is 2.87. The predicted molar refractivity (Wildman–Crippen MR) is 108 cm³/mol. The molecule has 1 fully saturated rings. The summed E-state index contributed by atoms with van der Waals surface area (Å²) in [5.41, 5.74) is 0. The van der Waals surface area contributed by atoms with E-state index in [9.17, 15) is 4.79 Å². The highest BCUT2D eigenvalue weighted by Crippen LogP contribution is 2.40. The standard InChI is InChI=1S/C19H18ClN3O3S/c1-21-19(24)16-10-14-15(26-13-4-2-12(20)3-5-13)11-22-18(17(14)27-16)23-6-8-25-9-7-23/h2-5,10-11H,6-9H2,1H3,(H,21,24). The first-order valence-corrected chi connectivity index (χ1v) is 9.76. The molecule has 1 N–H and O–H groups in total. The van der Waals surface area contributed by atoms with Crippen molar-refractivity contribution < 1.29 is 14.3 Å². The van der Waals surface area contributed by atoms with E-state index < -0.39 is 0 Å². The summed E-state index contributed by atoms with van der Waals surface area (Å²) in [7, 11) is 1.62. The number of halogens is 1. The molecule has 4 rings (SSSR count). The van der Waals surface area contributed by atoms with Crippen LogP contribution in [0.4, 0.5) is 5.82 Å². The van der Waals surface area contributed by atoms with Gasteiger partial charge in [0.25, 0.3) is 5.91 Å². The molecule has 0 saturated carbocycles. The molecule has 1 aliphatic rings. The van der Waals surface area contributed by atoms with E-state index in [0.29, 0.717) is 34.6 Å². The van der Waals surface area contributed by atoms with E-state index in [-0.39, 0.29) is 5.91 Å². The van der Waals surface area contributed by atoms with Crippen molar-refractivity contribution in [1.29, 1.82) is 0 Å². The number of nitrogens with one attached hydrogen (secondary N) is 1. The molecule has 3 heterocycles. The molecule has 140 valence electrons. The van der Waals surface area contributed by atoms with Crippen LogP contribution in [0.1, 0.15) is 9.67 Å². The zero-order valence-corrected chi connectivity index (χ0v) is 16.3. The van der Waals surface area contributed by atoms with Crippen molar-refractivity contribution in [2.24, 2.45) is 0 Å². The summed E-state index contributed by atoms with van der Waals surface area (Å²) in [5.74, 6) is 2.00. The first-order valence-electron chi connectivity index (χ1n) is 8.56. The minimum Gasteiger partial charge on any atom is -0.455 e. The third-order valence-corrected chi connectivity index (χ3v) is 5.69. The molecule has 8 heteroatoms. The summed E-state index contributed by atoms with van der Waals surface area (Å²) in [6.07, 6.45) is 1.71. The number of morpholine rings is 1. The minimum absolute atomic E-state index is 0.124. The Hall–Kier alpha value is -2.35. The van der Waals surface area contributed by atoms with Crippen LogP contribution in [-0.2, 0) is 4.74 Å². The molecule has 0 unspecified atom stereocenters. The maximum Gasteiger partial charge on any atom is 0.261 e. The third kappa shape index (κ3) is 3.71. The molecule has 0 bridgehead atoms. The molecule has 0 aliphatic carbocycles. The van der Waals surface area contributed by atoms with Gasteiger partial charge in [-0.3, -0.25) is 4.79 Å². The monoisotopic (exact) mass is 403 g/mol. The molecule has 1 saturated heterocycles. The quantitative estimate of drug-likeness (QED) is 0.714. The van der Waals surface area contributed by atoms with Crippen molar-refractivity contribution in [3.63, 3.8) is 0 Å². The zero-order valence-electron chi connectivity index (χ0n) is 14.7. The normalized spacial score (nSPS) is 14.4. The molecule has 1 aliphatic heterocycles. The zero-order chi connectivity index (χ0) is 18.8. The molecule has 2 aromatic heterocycles. The minimum atomic E-state index is -0.124. The van der Waals surface area contributed by atoms with Gasteiger partial charge in [0, 0.05) is 30.5 Å². The van der Waals surface area contributed by atoms with Crippen LogP contribution in [0.3, 0.4) is 0 Å². The number of nitrogens with zero attached hydrogens (tertiary/aromatic N) is 2. The maximum absolute atomic E-state index is 12.2. The molecule has 0 radical (unpaired) electrons. The second-order valence-electron chi connectivity index (χ2n) is 6.03. The summed E-state index contributed by atoms with van der Waals surface area (Å²) < 4.78 is 12.4. The Morgan fingerprint density at radius 3 is 2.74 bits per heavy atom. The van der Waals surface area contributed by atoms with Crippen molar-refractivity contribution in [1.82, 2.24) is 10.3 Å². The number of aromatic nitrogens is 1. The van der Waals surface area contributed by atoms with Crippen LogP contribution in [-0.4, -0.2) is 44.2 Å². The van der Waals surface area contributed by atoms with Crippen LogP contribution in [0.25, 0.3) is 10.1 Å². The molecular formula is C19H18ClN3O3S. The van der Waals surface area contributed by atoms with Crippen LogP contribution in [0.2, 0.25) is 5.02 Å². The van der Waals surface area contributed by atoms with Crippen molar-refractivity contribution in [3.05, 3.63) is 46.4 Å². The largest absolute Gasteiger partial charge is 0.455 e. The van der Waals surface area contributed by atoms with Gasteiger partial charge in [-0.05, 0) is 30.3 Å². The van der Waals surface area contributed by atoms with Crippen LogP contribution < -0.4 is 15.0 Å². The van der Waals surface area contributed by atoms with Crippen LogP contribution in [0.5, 0.6) is 11.5 Å². The SMILES string of the molecule is CNC(=O)c1cc2c(Oc3ccc(Cl)cc3)cnc(N3CCOCC3)c2s1. The van der Waals surface area contributed by atoms with Gasteiger partial charge < -0.3 is 19.7 Å². The van der Waals surface area contributed by atoms with Crippen molar-refractivity contribution in [3.8, 4) is 11.5 Å². The average molecular weight is 404 g/mol. The van der Waals surface area contributed by atoms with Gasteiger partial charge >= 0.3 is 0 Å². The Balaban J connectivity index is 1.78. The van der Waals surface area contributed by atoms with Crippen LogP contribution >= 0.6 is 22.9 Å². The Labute approximate surface area is 165 Å². The summed E-state index contributed by atoms with van der Waals surface area (Å²) >= 11 is 7.36. The molecular weight excluding hydrogens is 386 g/mol. The molecule has 6 nitrogen and oxygen atoms in total. The van der Waals surface area contributed by atoms with E-state index in [1.807, 2.05) is 6.07 Å². The summed E-state index contributed by atoms with van der Waals surface area (Å²) in [5, 5.41) is 4.19. The highest BCUT2D eigenvalue weighted by atomic mass is 35.5. The Morgan fingerprint density at radius 2 is 2.04 bits per heavy atom. The highest BCUT2D eigenvalue weighted by Gasteiger charge is 2.21. The Bertz CT molecular complexity index is 968. The molecule has 27 heavy (non-hydrogen) atoms. The molecule has 3 aromatic rings. The summed E-state index contributed by atoms with van der Waals surface area (Å²) in [6, 6.07) is 9.00. The van der Waals surface area contributed by atoms with Crippen molar-refractivity contribution in [2.45, 2.75) is 0 Å². The number of rotatable bonds is 4. The fourth-order valence-corrected chi connectivity index (χ4v) is 4.19. The third-order valence-electron chi connectivity index (χ3n) is 4.31. The summed E-state index contributed by atoms with van der Waals surface area (Å²) in [4.78, 5) is 19.6. The fourth-order valence-electron chi connectivity index (χ4n) is 2.93. The van der Waals surface area contributed by atoms with E-state index in [4.69, 9.17) is 21.1 Å².